The molecule has 0 aromatic heterocycles. The summed E-state index contributed by atoms with van der Waals surface area (Å²) in [5.41, 5.74) is 4.78. The van der Waals surface area contributed by atoms with Crippen molar-refractivity contribution >= 4 is 5.97 Å². The lowest BCUT2D eigenvalue weighted by Gasteiger charge is -2.01. The van der Waals surface area contributed by atoms with Crippen LogP contribution < -0.4 is 5.73 Å². The van der Waals surface area contributed by atoms with Gasteiger partial charge in [0.25, 0.3) is 0 Å². The first-order chi connectivity index (χ1) is 6.54. The summed E-state index contributed by atoms with van der Waals surface area (Å²) in [7, 11) is 0. The van der Waals surface area contributed by atoms with Crippen LogP contribution in [0.3, 0.4) is 0 Å². The number of aliphatic carboxylic acids is 1. The molecule has 0 aromatic carbocycles. The molecule has 0 radical (unpaired) electrons. The van der Waals surface area contributed by atoms with Gasteiger partial charge in [0.1, 0.15) is 0 Å². The first kappa shape index (κ1) is 15.8. The van der Waals surface area contributed by atoms with Crippen molar-refractivity contribution in [3.63, 3.8) is 0 Å². The van der Waals surface area contributed by atoms with Gasteiger partial charge in [-0.15, -0.1) is 0 Å². The summed E-state index contributed by atoms with van der Waals surface area (Å²) in [6.45, 7) is 4.78. The molecule has 0 unspecified atom stereocenters. The predicted octanol–water partition coefficient (Wildman–Crippen LogP) is 1.22. The standard InChI is InChI=1S/C8H16O2.C2H7NO/c1-7(2)5-3-4-6-8(9)10;3-1-2-4/h7H,3-6H2,1-2H3,(H,9,10);4H,1-3H2. The number of aliphatic hydroxyl groups is 1. The van der Waals surface area contributed by atoms with Gasteiger partial charge in [-0.25, -0.2) is 0 Å². The lowest BCUT2D eigenvalue weighted by Crippen LogP contribution is -2.02. The first-order valence-corrected chi connectivity index (χ1v) is 5.07. The van der Waals surface area contributed by atoms with Crippen LogP contribution in [0.2, 0.25) is 0 Å². The van der Waals surface area contributed by atoms with Crippen LogP contribution in [0.25, 0.3) is 0 Å². The summed E-state index contributed by atoms with van der Waals surface area (Å²) < 4.78 is 0. The Balaban J connectivity index is 0. The molecule has 0 atom stereocenters. The van der Waals surface area contributed by atoms with Gasteiger partial charge in [0, 0.05) is 13.0 Å². The van der Waals surface area contributed by atoms with E-state index >= 15 is 0 Å². The van der Waals surface area contributed by atoms with E-state index in [0.29, 0.717) is 18.9 Å². The number of hydrogen-bond acceptors (Lipinski definition) is 3. The minimum Gasteiger partial charge on any atom is -0.481 e. The Bertz CT molecular complexity index is 125. The molecule has 4 heteroatoms. The smallest absolute Gasteiger partial charge is 0.303 e. The highest BCUT2D eigenvalue weighted by atomic mass is 16.4. The Morgan fingerprint density at radius 3 is 2.14 bits per heavy atom. The highest BCUT2D eigenvalue weighted by molar-refractivity contribution is 5.66. The molecule has 0 saturated heterocycles. The van der Waals surface area contributed by atoms with Crippen LogP contribution in [0, 0.1) is 5.92 Å². The van der Waals surface area contributed by atoms with Crippen LogP contribution in [0.15, 0.2) is 0 Å². The van der Waals surface area contributed by atoms with Crippen LogP contribution in [-0.2, 0) is 4.79 Å². The topological polar surface area (TPSA) is 83.5 Å². The fourth-order valence-corrected chi connectivity index (χ4v) is 0.829. The lowest BCUT2D eigenvalue weighted by molar-refractivity contribution is -0.137. The third-order valence-corrected chi connectivity index (χ3v) is 1.55. The minimum absolute atomic E-state index is 0.0972. The van der Waals surface area contributed by atoms with Crippen molar-refractivity contribution in [3.05, 3.63) is 0 Å². The Morgan fingerprint density at radius 1 is 1.36 bits per heavy atom. The third-order valence-electron chi connectivity index (χ3n) is 1.55. The first-order valence-electron chi connectivity index (χ1n) is 5.07. The Kier molecular flexibility index (Phi) is 14.0. The van der Waals surface area contributed by atoms with E-state index in [-0.39, 0.29) is 6.61 Å². The van der Waals surface area contributed by atoms with Crippen molar-refractivity contribution in [1.82, 2.24) is 0 Å². The number of aliphatic hydroxyl groups excluding tert-OH is 1. The molecule has 4 nitrogen and oxygen atoms in total. The number of nitrogens with two attached hydrogens (primary N) is 1. The van der Waals surface area contributed by atoms with Gasteiger partial charge in [-0.2, -0.15) is 0 Å². The van der Waals surface area contributed by atoms with Crippen molar-refractivity contribution in [3.8, 4) is 0 Å². The van der Waals surface area contributed by atoms with Crippen molar-refractivity contribution in [2.45, 2.75) is 39.5 Å². The molecule has 0 aromatic rings. The third kappa shape index (κ3) is 22.5. The fraction of sp³-hybridized carbons (Fsp3) is 0.900. The maximum Gasteiger partial charge on any atom is 0.303 e. The van der Waals surface area contributed by atoms with Gasteiger partial charge in [0.2, 0.25) is 0 Å². The lowest BCUT2D eigenvalue weighted by atomic mass is 10.1. The SMILES string of the molecule is CC(C)CCCCC(=O)O.NCCO. The van der Waals surface area contributed by atoms with Crippen molar-refractivity contribution in [2.75, 3.05) is 13.2 Å². The minimum atomic E-state index is -0.677. The summed E-state index contributed by atoms with van der Waals surface area (Å²) in [6, 6.07) is 0. The number of carbonyl (C=O) groups is 1. The molecule has 14 heavy (non-hydrogen) atoms. The normalized spacial score (nSPS) is 9.50. The molecule has 0 aliphatic carbocycles. The van der Waals surface area contributed by atoms with Gasteiger partial charge in [-0.3, -0.25) is 4.79 Å². The Morgan fingerprint density at radius 2 is 1.86 bits per heavy atom. The Labute approximate surface area is 86.1 Å². The van der Waals surface area contributed by atoms with E-state index in [9.17, 15) is 4.79 Å². The molecule has 0 heterocycles. The summed E-state index contributed by atoms with van der Waals surface area (Å²) in [6.07, 6.45) is 3.34. The maximum atomic E-state index is 10.0. The zero-order valence-corrected chi connectivity index (χ0v) is 9.20. The average molecular weight is 205 g/mol. The van der Waals surface area contributed by atoms with E-state index in [0.717, 1.165) is 19.3 Å². The molecule has 0 aliphatic rings. The molecule has 0 rings (SSSR count). The van der Waals surface area contributed by atoms with Crippen LogP contribution in [-0.4, -0.2) is 29.3 Å². The molecule has 0 amide bonds. The van der Waals surface area contributed by atoms with Crippen LogP contribution in [0.1, 0.15) is 39.5 Å². The molecule has 0 bridgehead atoms. The Hall–Kier alpha value is -0.610. The van der Waals surface area contributed by atoms with Crippen molar-refractivity contribution in [2.24, 2.45) is 11.7 Å². The summed E-state index contributed by atoms with van der Waals surface area (Å²) >= 11 is 0. The van der Waals surface area contributed by atoms with Crippen molar-refractivity contribution in [1.29, 1.82) is 0 Å². The van der Waals surface area contributed by atoms with Gasteiger partial charge in [-0.05, 0) is 12.3 Å². The number of hydrogen-bond donors (Lipinski definition) is 3. The van der Waals surface area contributed by atoms with Crippen LogP contribution in [0.5, 0.6) is 0 Å². The molecule has 0 spiro atoms. The summed E-state index contributed by atoms with van der Waals surface area (Å²) in [5, 5.41) is 16.0. The highest BCUT2D eigenvalue weighted by Gasteiger charge is 1.97. The van der Waals surface area contributed by atoms with Crippen LogP contribution >= 0.6 is 0 Å². The molecule has 4 N–H and O–H groups in total. The number of carboxylic acid groups (broad SMARTS) is 1. The van der Waals surface area contributed by atoms with Gasteiger partial charge in [0.15, 0.2) is 0 Å². The van der Waals surface area contributed by atoms with E-state index in [2.05, 4.69) is 13.8 Å². The number of unbranched alkanes of at least 4 members (excludes halogenated alkanes) is 1. The highest BCUT2D eigenvalue weighted by Crippen LogP contribution is 2.07. The zero-order valence-electron chi connectivity index (χ0n) is 9.20. The molecule has 86 valence electrons. The molecule has 0 aliphatic heterocycles. The van der Waals surface area contributed by atoms with Gasteiger partial charge in [-0.1, -0.05) is 26.7 Å². The summed E-state index contributed by atoms with van der Waals surface area (Å²) in [4.78, 5) is 10.0. The van der Waals surface area contributed by atoms with E-state index in [1.807, 2.05) is 0 Å². The quantitative estimate of drug-likeness (QED) is 0.569. The summed E-state index contributed by atoms with van der Waals surface area (Å²) in [5.74, 6) is 0.0255. The second kappa shape index (κ2) is 12.4. The van der Waals surface area contributed by atoms with Crippen LogP contribution in [0.4, 0.5) is 0 Å². The molecule has 0 saturated carbocycles. The fourth-order valence-electron chi connectivity index (χ4n) is 0.829. The van der Waals surface area contributed by atoms with E-state index < -0.39 is 5.97 Å². The largest absolute Gasteiger partial charge is 0.481 e. The zero-order chi connectivity index (χ0) is 11.4. The van der Waals surface area contributed by atoms with Gasteiger partial charge < -0.3 is 15.9 Å². The average Bonchev–Trinajstić information content (AvgIpc) is 2.12. The molecular weight excluding hydrogens is 182 g/mol. The van der Waals surface area contributed by atoms with E-state index in [1.54, 1.807) is 0 Å². The second-order valence-electron chi connectivity index (χ2n) is 3.55. The van der Waals surface area contributed by atoms with Gasteiger partial charge >= 0.3 is 5.97 Å². The van der Waals surface area contributed by atoms with Crippen molar-refractivity contribution < 1.29 is 15.0 Å². The number of carboxylic acids is 1. The van der Waals surface area contributed by atoms with E-state index in [1.165, 1.54) is 0 Å². The number of rotatable bonds is 6. The van der Waals surface area contributed by atoms with E-state index in [4.69, 9.17) is 15.9 Å². The molecule has 0 fully saturated rings. The molecular formula is C10H23NO3. The monoisotopic (exact) mass is 205 g/mol. The second-order valence-corrected chi connectivity index (χ2v) is 3.55. The predicted molar refractivity (Wildman–Crippen MR) is 57.1 cm³/mol. The maximum absolute atomic E-state index is 10.0. The van der Waals surface area contributed by atoms with Gasteiger partial charge in [0.05, 0.1) is 6.61 Å².